The highest BCUT2D eigenvalue weighted by atomic mass is 16.4. The smallest absolute Gasteiger partial charge is 0.323 e. The van der Waals surface area contributed by atoms with Crippen LogP contribution in [0.4, 0.5) is 0 Å². The van der Waals surface area contributed by atoms with Crippen LogP contribution in [0, 0.1) is 6.92 Å². The molecule has 1 aromatic rings. The maximum Gasteiger partial charge on any atom is 0.323 e. The molecule has 0 unspecified atom stereocenters. The third kappa shape index (κ3) is 2.36. The van der Waals surface area contributed by atoms with Gasteiger partial charge in [0.2, 0.25) is 0 Å². The van der Waals surface area contributed by atoms with E-state index in [-0.39, 0.29) is 0 Å². The standard InChI is InChI=1S/C10H16N2O3/c1-7-8(11-6-15-7)5-12(4)10(2,3)9(13)14/h6H,5H2,1-4H3,(H,13,14). The Hall–Kier alpha value is -1.36. The molecular formula is C10H16N2O3. The number of oxazole rings is 1. The first-order valence-corrected chi connectivity index (χ1v) is 4.69. The van der Waals surface area contributed by atoms with Gasteiger partial charge in [-0.3, -0.25) is 9.69 Å². The summed E-state index contributed by atoms with van der Waals surface area (Å²) >= 11 is 0. The number of aryl methyl sites for hydroxylation is 1. The van der Waals surface area contributed by atoms with E-state index in [4.69, 9.17) is 9.52 Å². The van der Waals surface area contributed by atoms with Gasteiger partial charge in [-0.05, 0) is 27.8 Å². The Morgan fingerprint density at radius 3 is 2.67 bits per heavy atom. The summed E-state index contributed by atoms with van der Waals surface area (Å²) in [5, 5.41) is 9.02. The van der Waals surface area contributed by atoms with E-state index in [0.717, 1.165) is 11.5 Å². The fraction of sp³-hybridized carbons (Fsp3) is 0.600. The van der Waals surface area contributed by atoms with E-state index < -0.39 is 11.5 Å². The minimum atomic E-state index is -0.911. The largest absolute Gasteiger partial charge is 0.480 e. The van der Waals surface area contributed by atoms with Gasteiger partial charge in [-0.2, -0.15) is 0 Å². The van der Waals surface area contributed by atoms with Gasteiger partial charge in [-0.15, -0.1) is 0 Å². The van der Waals surface area contributed by atoms with Gasteiger partial charge in [0.1, 0.15) is 11.3 Å². The van der Waals surface area contributed by atoms with Gasteiger partial charge in [0, 0.05) is 6.54 Å². The topological polar surface area (TPSA) is 66.6 Å². The normalized spacial score (nSPS) is 12.1. The number of aliphatic carboxylic acids is 1. The van der Waals surface area contributed by atoms with Crippen molar-refractivity contribution >= 4 is 5.97 Å². The molecule has 0 aliphatic heterocycles. The number of aromatic nitrogens is 1. The summed E-state index contributed by atoms with van der Waals surface area (Å²) < 4.78 is 5.05. The van der Waals surface area contributed by atoms with Crippen molar-refractivity contribution in [2.45, 2.75) is 32.9 Å². The van der Waals surface area contributed by atoms with E-state index >= 15 is 0 Å². The highest BCUT2D eigenvalue weighted by Crippen LogP contribution is 2.16. The number of nitrogens with zero attached hydrogens (tertiary/aromatic N) is 2. The average molecular weight is 212 g/mol. The Kier molecular flexibility index (Phi) is 3.14. The van der Waals surface area contributed by atoms with Crippen molar-refractivity contribution in [1.29, 1.82) is 0 Å². The summed E-state index contributed by atoms with van der Waals surface area (Å²) in [7, 11) is 1.75. The maximum atomic E-state index is 11.0. The molecule has 0 radical (unpaired) electrons. The fourth-order valence-corrected chi connectivity index (χ4v) is 1.07. The molecule has 0 spiro atoms. The molecular weight excluding hydrogens is 196 g/mol. The van der Waals surface area contributed by atoms with E-state index in [9.17, 15) is 4.79 Å². The Morgan fingerprint density at radius 1 is 1.67 bits per heavy atom. The number of carboxylic acids is 1. The molecule has 0 bridgehead atoms. The molecule has 0 amide bonds. The summed E-state index contributed by atoms with van der Waals surface area (Å²) in [6, 6.07) is 0. The molecule has 84 valence electrons. The van der Waals surface area contributed by atoms with Crippen molar-refractivity contribution in [1.82, 2.24) is 9.88 Å². The second-order valence-electron chi connectivity index (χ2n) is 4.08. The van der Waals surface area contributed by atoms with Gasteiger partial charge in [0.15, 0.2) is 6.39 Å². The Bertz CT molecular complexity index is 357. The van der Waals surface area contributed by atoms with Crippen LogP contribution in [0.3, 0.4) is 0 Å². The van der Waals surface area contributed by atoms with E-state index in [1.165, 1.54) is 6.39 Å². The summed E-state index contributed by atoms with van der Waals surface area (Å²) in [5.74, 6) is -0.130. The van der Waals surface area contributed by atoms with Crippen molar-refractivity contribution < 1.29 is 14.3 Å². The Balaban J connectivity index is 2.76. The van der Waals surface area contributed by atoms with Gasteiger partial charge < -0.3 is 9.52 Å². The number of carboxylic acid groups (broad SMARTS) is 1. The lowest BCUT2D eigenvalue weighted by atomic mass is 10.0. The molecule has 5 heteroatoms. The lowest BCUT2D eigenvalue weighted by Gasteiger charge is -2.30. The predicted octanol–water partition coefficient (Wildman–Crippen LogP) is 1.28. The summed E-state index contributed by atoms with van der Waals surface area (Å²) in [6.45, 7) is 5.58. The molecule has 0 aliphatic carbocycles. The minimum Gasteiger partial charge on any atom is -0.480 e. The first-order chi connectivity index (χ1) is 6.85. The summed E-state index contributed by atoms with van der Waals surface area (Å²) in [4.78, 5) is 16.7. The molecule has 1 heterocycles. The van der Waals surface area contributed by atoms with Crippen molar-refractivity contribution in [3.63, 3.8) is 0 Å². The second kappa shape index (κ2) is 4.02. The van der Waals surface area contributed by atoms with Gasteiger partial charge in [-0.25, -0.2) is 4.98 Å². The van der Waals surface area contributed by atoms with Gasteiger partial charge >= 0.3 is 5.97 Å². The van der Waals surface area contributed by atoms with E-state index in [2.05, 4.69) is 4.98 Å². The van der Waals surface area contributed by atoms with Gasteiger partial charge in [0.05, 0.1) is 5.69 Å². The first-order valence-electron chi connectivity index (χ1n) is 4.69. The zero-order chi connectivity index (χ0) is 11.6. The van der Waals surface area contributed by atoms with Crippen molar-refractivity contribution in [2.75, 3.05) is 7.05 Å². The van der Waals surface area contributed by atoms with Gasteiger partial charge in [0.25, 0.3) is 0 Å². The third-order valence-electron chi connectivity index (χ3n) is 2.71. The molecule has 1 aromatic heterocycles. The van der Waals surface area contributed by atoms with Crippen LogP contribution in [0.15, 0.2) is 10.8 Å². The highest BCUT2D eigenvalue weighted by Gasteiger charge is 2.32. The SMILES string of the molecule is Cc1ocnc1CN(C)C(C)(C)C(=O)O. The molecule has 0 aromatic carbocycles. The van der Waals surface area contributed by atoms with E-state index in [1.54, 1.807) is 25.8 Å². The zero-order valence-corrected chi connectivity index (χ0v) is 9.44. The van der Waals surface area contributed by atoms with Crippen LogP contribution in [-0.4, -0.2) is 33.5 Å². The van der Waals surface area contributed by atoms with Crippen LogP contribution >= 0.6 is 0 Å². The molecule has 15 heavy (non-hydrogen) atoms. The summed E-state index contributed by atoms with van der Waals surface area (Å²) in [5.41, 5.74) is -0.141. The van der Waals surface area contributed by atoms with Crippen molar-refractivity contribution in [2.24, 2.45) is 0 Å². The van der Waals surface area contributed by atoms with Crippen molar-refractivity contribution in [3.05, 3.63) is 17.8 Å². The van der Waals surface area contributed by atoms with Crippen molar-refractivity contribution in [3.8, 4) is 0 Å². The molecule has 0 saturated carbocycles. The second-order valence-corrected chi connectivity index (χ2v) is 4.08. The first kappa shape index (κ1) is 11.7. The number of carbonyl (C=O) groups is 1. The fourth-order valence-electron chi connectivity index (χ4n) is 1.07. The molecule has 0 saturated heterocycles. The number of hydrogen-bond acceptors (Lipinski definition) is 4. The van der Waals surface area contributed by atoms with Gasteiger partial charge in [-0.1, -0.05) is 0 Å². The molecule has 1 N–H and O–H groups in total. The Morgan fingerprint density at radius 2 is 2.27 bits per heavy atom. The molecule has 0 aliphatic rings. The molecule has 0 atom stereocenters. The minimum absolute atomic E-state index is 0.460. The zero-order valence-electron chi connectivity index (χ0n) is 9.44. The highest BCUT2D eigenvalue weighted by molar-refractivity contribution is 5.77. The van der Waals surface area contributed by atoms with E-state index in [0.29, 0.717) is 6.54 Å². The van der Waals surface area contributed by atoms with Crippen LogP contribution in [0.5, 0.6) is 0 Å². The van der Waals surface area contributed by atoms with Crippen LogP contribution < -0.4 is 0 Å². The monoisotopic (exact) mass is 212 g/mol. The Labute approximate surface area is 88.7 Å². The summed E-state index contributed by atoms with van der Waals surface area (Å²) in [6.07, 6.45) is 1.37. The number of likely N-dealkylation sites (N-methyl/N-ethyl adjacent to an activating group) is 1. The van der Waals surface area contributed by atoms with Crippen LogP contribution in [0.25, 0.3) is 0 Å². The lowest BCUT2D eigenvalue weighted by Crippen LogP contribution is -2.47. The lowest BCUT2D eigenvalue weighted by molar-refractivity contribution is -0.148. The third-order valence-corrected chi connectivity index (χ3v) is 2.71. The average Bonchev–Trinajstić information content (AvgIpc) is 2.51. The molecule has 5 nitrogen and oxygen atoms in total. The van der Waals surface area contributed by atoms with Crippen LogP contribution in [0.2, 0.25) is 0 Å². The predicted molar refractivity (Wildman–Crippen MR) is 54.4 cm³/mol. The number of rotatable bonds is 4. The van der Waals surface area contributed by atoms with E-state index in [1.807, 2.05) is 6.92 Å². The quantitative estimate of drug-likeness (QED) is 0.814. The molecule has 1 rings (SSSR count). The maximum absolute atomic E-state index is 11.0. The number of hydrogen-bond donors (Lipinski definition) is 1. The molecule has 0 fully saturated rings. The van der Waals surface area contributed by atoms with Crippen LogP contribution in [0.1, 0.15) is 25.3 Å². The van der Waals surface area contributed by atoms with Crippen LogP contribution in [-0.2, 0) is 11.3 Å².